The summed E-state index contributed by atoms with van der Waals surface area (Å²) >= 11 is 0. The van der Waals surface area contributed by atoms with Crippen LogP contribution in [0.4, 0.5) is 14.5 Å². The second-order valence-electron chi connectivity index (χ2n) is 11.7. The number of nitrogens with one attached hydrogen (secondary N) is 3. The Morgan fingerprint density at radius 3 is 2.48 bits per heavy atom. The first kappa shape index (κ1) is 32.1. The van der Waals surface area contributed by atoms with Crippen molar-refractivity contribution in [2.45, 2.75) is 97.6 Å². The van der Waals surface area contributed by atoms with E-state index in [9.17, 15) is 14.2 Å². The van der Waals surface area contributed by atoms with Crippen molar-refractivity contribution in [3.05, 3.63) is 46.9 Å². The number of aromatic nitrogens is 2. The average Bonchev–Trinajstić information content (AvgIpc) is 3.46. The van der Waals surface area contributed by atoms with E-state index < -0.39 is 6.43 Å². The van der Waals surface area contributed by atoms with Gasteiger partial charge in [-0.1, -0.05) is 20.3 Å². The highest BCUT2D eigenvalue weighted by molar-refractivity contribution is 6.09. The third-order valence-electron chi connectivity index (χ3n) is 8.98. The van der Waals surface area contributed by atoms with Crippen LogP contribution in [-0.4, -0.2) is 65.3 Å². The maximum Gasteiger partial charge on any atom is 0.264 e. The van der Waals surface area contributed by atoms with Gasteiger partial charge in [0.15, 0.2) is 0 Å². The number of rotatable bonds is 8. The van der Waals surface area contributed by atoms with Gasteiger partial charge in [0.2, 0.25) is 0 Å². The Labute approximate surface area is 251 Å². The molecule has 0 spiro atoms. The molecule has 2 fully saturated rings. The molecule has 1 saturated heterocycles. The molecule has 3 N–H and O–H groups in total. The first-order valence-corrected chi connectivity index (χ1v) is 16.1. The van der Waals surface area contributed by atoms with Gasteiger partial charge in [-0.25, -0.2) is 8.78 Å². The van der Waals surface area contributed by atoms with Crippen LogP contribution in [0.3, 0.4) is 0 Å². The molecule has 2 aliphatic heterocycles. The summed E-state index contributed by atoms with van der Waals surface area (Å²) in [4.78, 5) is 4.59. The minimum Gasteiger partial charge on any atom is -0.385 e. The molecule has 9 heteroatoms. The van der Waals surface area contributed by atoms with Crippen LogP contribution in [0.5, 0.6) is 0 Å². The van der Waals surface area contributed by atoms with Gasteiger partial charge in [0.25, 0.3) is 6.43 Å². The Balaban J connectivity index is 0.00000198. The summed E-state index contributed by atoms with van der Waals surface area (Å²) in [6.45, 7) is 12.4. The molecule has 0 radical (unpaired) electrons. The van der Waals surface area contributed by atoms with Gasteiger partial charge in [0.1, 0.15) is 5.84 Å². The Morgan fingerprint density at radius 1 is 1.14 bits per heavy atom. The van der Waals surface area contributed by atoms with Crippen molar-refractivity contribution in [3.8, 4) is 11.1 Å². The zero-order chi connectivity index (χ0) is 30.2. The van der Waals surface area contributed by atoms with Crippen molar-refractivity contribution in [2.75, 3.05) is 37.6 Å². The molecule has 7 nitrogen and oxygen atoms in total. The van der Waals surface area contributed by atoms with Crippen molar-refractivity contribution in [1.82, 2.24) is 25.3 Å². The summed E-state index contributed by atoms with van der Waals surface area (Å²) in [6.07, 6.45) is 10.4. The van der Waals surface area contributed by atoms with E-state index in [4.69, 9.17) is 0 Å². The predicted octanol–water partition coefficient (Wildman–Crippen LogP) is 6.80. The molecule has 3 heterocycles. The lowest BCUT2D eigenvalue weighted by Gasteiger charge is -2.40. The van der Waals surface area contributed by atoms with Crippen LogP contribution >= 0.6 is 0 Å². The second-order valence-corrected chi connectivity index (χ2v) is 11.7. The quantitative estimate of drug-likeness (QED) is 0.236. The third kappa shape index (κ3) is 7.40. The molecule has 0 atom stereocenters. The van der Waals surface area contributed by atoms with Gasteiger partial charge in [-0.3, -0.25) is 10.1 Å². The monoisotopic (exact) mass is 583 g/mol. The predicted molar refractivity (Wildman–Crippen MR) is 170 cm³/mol. The summed E-state index contributed by atoms with van der Waals surface area (Å²) in [7, 11) is 1.78. The number of hydrogen-bond donors (Lipinski definition) is 3. The van der Waals surface area contributed by atoms with Crippen molar-refractivity contribution < 1.29 is 8.78 Å². The Hall–Kier alpha value is -2.78. The molecule has 2 aromatic rings. The van der Waals surface area contributed by atoms with Crippen LogP contribution in [0, 0.1) is 12.3 Å². The fourth-order valence-corrected chi connectivity index (χ4v) is 6.79. The molecule has 232 valence electrons. The normalized spacial score (nSPS) is 21.6. The van der Waals surface area contributed by atoms with Gasteiger partial charge in [-0.15, -0.1) is 0 Å². The molecule has 42 heavy (non-hydrogen) atoms. The molecule has 0 amide bonds. The fourth-order valence-electron chi connectivity index (χ4n) is 6.79. The lowest BCUT2D eigenvalue weighted by Crippen LogP contribution is -2.46. The molecule has 0 unspecified atom stereocenters. The molecule has 5 rings (SSSR count). The van der Waals surface area contributed by atoms with Gasteiger partial charge in [-0.05, 0) is 88.7 Å². The Bertz CT molecular complexity index is 1210. The van der Waals surface area contributed by atoms with E-state index in [1.165, 1.54) is 45.2 Å². The highest BCUT2D eigenvalue weighted by Crippen LogP contribution is 2.37. The number of halogens is 2. The maximum absolute atomic E-state index is 14.3. The summed E-state index contributed by atoms with van der Waals surface area (Å²) in [5.41, 5.74) is 4.75. The molecular weight excluding hydrogens is 532 g/mol. The molecule has 1 aromatic heterocycles. The Kier molecular flexibility index (Phi) is 11.6. The molecule has 1 saturated carbocycles. The van der Waals surface area contributed by atoms with Crippen molar-refractivity contribution in [1.29, 1.82) is 5.41 Å². The fraction of sp³-hybridized carbons (Fsp3) is 0.636. The van der Waals surface area contributed by atoms with E-state index >= 15 is 0 Å². The number of alkyl halides is 2. The standard InChI is InChI=1S/C31H45F2N7.C2H6/c1-4-40(29-17-26(30(32)33)25(16-21(29)2)22-18-36-38(3)20-22)31(34)27-19-35-13-12-28(27)37-23-8-10-24(11-9-23)39-14-6-5-7-15-39;1-2/h16-18,20,23-24,30,34-35,37H,4-15,19H2,1-3H3;1-2H3. The van der Waals surface area contributed by atoms with Crippen molar-refractivity contribution in [2.24, 2.45) is 7.05 Å². The average molecular weight is 584 g/mol. The molecule has 3 aliphatic rings. The van der Waals surface area contributed by atoms with E-state index in [2.05, 4.69) is 20.6 Å². The minimum absolute atomic E-state index is 0.0283. The van der Waals surface area contributed by atoms with Gasteiger partial charge >= 0.3 is 0 Å². The van der Waals surface area contributed by atoms with Gasteiger partial charge < -0.3 is 20.4 Å². The molecule has 0 bridgehead atoms. The number of aryl methyl sites for hydroxylation is 2. The van der Waals surface area contributed by atoms with Gasteiger partial charge in [0, 0.05) is 79.5 Å². The zero-order valence-electron chi connectivity index (χ0n) is 26.3. The van der Waals surface area contributed by atoms with Crippen LogP contribution in [-0.2, 0) is 7.05 Å². The number of piperidine rings is 1. The van der Waals surface area contributed by atoms with E-state index in [1.807, 2.05) is 38.7 Å². The van der Waals surface area contributed by atoms with Crippen LogP contribution in [0.1, 0.15) is 89.7 Å². The minimum atomic E-state index is -2.63. The molecule has 1 aromatic carbocycles. The van der Waals surface area contributed by atoms with Crippen LogP contribution in [0.15, 0.2) is 35.8 Å². The largest absolute Gasteiger partial charge is 0.385 e. The van der Waals surface area contributed by atoms with Gasteiger partial charge in [-0.2, -0.15) is 5.10 Å². The van der Waals surface area contributed by atoms with Crippen molar-refractivity contribution >= 4 is 11.5 Å². The lowest BCUT2D eigenvalue weighted by atomic mass is 9.88. The summed E-state index contributed by atoms with van der Waals surface area (Å²) in [5.74, 6) is 0.386. The zero-order valence-corrected chi connectivity index (χ0v) is 26.3. The van der Waals surface area contributed by atoms with Crippen LogP contribution in [0.25, 0.3) is 11.1 Å². The van der Waals surface area contributed by atoms with E-state index in [0.29, 0.717) is 41.8 Å². The number of anilines is 1. The number of nitrogens with zero attached hydrogens (tertiary/aromatic N) is 4. The number of likely N-dealkylation sites (tertiary alicyclic amines) is 1. The highest BCUT2D eigenvalue weighted by atomic mass is 19.3. The lowest BCUT2D eigenvalue weighted by molar-refractivity contribution is 0.122. The van der Waals surface area contributed by atoms with E-state index in [1.54, 1.807) is 30.2 Å². The first-order valence-electron chi connectivity index (χ1n) is 16.1. The number of hydrogen-bond acceptors (Lipinski definition) is 5. The van der Waals surface area contributed by atoms with Crippen molar-refractivity contribution in [3.63, 3.8) is 0 Å². The van der Waals surface area contributed by atoms with E-state index in [0.717, 1.165) is 48.7 Å². The molecular formula is C33H51F2N7. The number of likely N-dealkylation sites (N-methyl/N-ethyl adjacent to an activating group) is 1. The topological polar surface area (TPSA) is 72.2 Å². The Morgan fingerprint density at radius 2 is 1.86 bits per heavy atom. The van der Waals surface area contributed by atoms with Gasteiger partial charge in [0.05, 0.1) is 6.20 Å². The third-order valence-corrected chi connectivity index (χ3v) is 8.98. The summed E-state index contributed by atoms with van der Waals surface area (Å²) in [6, 6.07) is 4.54. The second kappa shape index (κ2) is 15.1. The first-order chi connectivity index (χ1) is 20.4. The van der Waals surface area contributed by atoms with E-state index in [-0.39, 0.29) is 5.56 Å². The van der Waals surface area contributed by atoms with Crippen LogP contribution in [0.2, 0.25) is 0 Å². The highest BCUT2D eigenvalue weighted by Gasteiger charge is 2.29. The maximum atomic E-state index is 14.3. The molecule has 1 aliphatic carbocycles. The SMILES string of the molecule is CC.CCN(C(=N)C1=C(NC2CCC(N3CCCCC3)CC2)CCNC1)c1cc(C(F)F)c(-c2cnn(C)c2)cc1C. The number of amidine groups is 1. The smallest absolute Gasteiger partial charge is 0.264 e. The van der Waals surface area contributed by atoms with Crippen LogP contribution < -0.4 is 15.5 Å². The number of benzene rings is 1. The summed E-state index contributed by atoms with van der Waals surface area (Å²) < 4.78 is 30.2. The summed E-state index contributed by atoms with van der Waals surface area (Å²) in [5, 5.41) is 20.7.